The van der Waals surface area contributed by atoms with Gasteiger partial charge in [-0.2, -0.15) is 0 Å². The van der Waals surface area contributed by atoms with Crippen LogP contribution in [0.2, 0.25) is 0 Å². The topological polar surface area (TPSA) is 104 Å². The van der Waals surface area contributed by atoms with Gasteiger partial charge >= 0.3 is 5.97 Å². The highest BCUT2D eigenvalue weighted by atomic mass is 32.2. The van der Waals surface area contributed by atoms with Gasteiger partial charge in [-0.3, -0.25) is 0 Å². The fraction of sp³-hybridized carbons (Fsp3) is 0.417. The molecule has 112 valence electrons. The third kappa shape index (κ3) is 4.26. The Morgan fingerprint density at radius 1 is 1.45 bits per heavy atom. The molecule has 0 radical (unpaired) electrons. The summed E-state index contributed by atoms with van der Waals surface area (Å²) in [5, 5.41) is 17.4. The first-order chi connectivity index (χ1) is 9.27. The predicted molar refractivity (Wildman–Crippen MR) is 69.4 cm³/mol. The summed E-state index contributed by atoms with van der Waals surface area (Å²) in [7, 11) is -4.05. The summed E-state index contributed by atoms with van der Waals surface area (Å²) in [5.41, 5.74) is -0.324. The molecule has 1 aromatic carbocycles. The highest BCUT2D eigenvalue weighted by Gasteiger charge is 2.20. The lowest BCUT2D eigenvalue weighted by atomic mass is 10.1. The highest BCUT2D eigenvalue weighted by Crippen LogP contribution is 2.16. The standard InChI is InChI=1S/C12H16FNO5S/c1-8(4-5-15)7-14-20(18,19)11-3-2-9(12(16)17)6-10(11)13/h2-3,6,8,14-15H,4-5,7H2,1H3,(H,16,17). The number of carboxylic acid groups (broad SMARTS) is 1. The molecule has 1 atom stereocenters. The van der Waals surface area contributed by atoms with Gasteiger partial charge in [-0.1, -0.05) is 6.92 Å². The van der Waals surface area contributed by atoms with Crippen LogP contribution in [0.15, 0.2) is 23.1 Å². The van der Waals surface area contributed by atoms with E-state index < -0.39 is 26.7 Å². The van der Waals surface area contributed by atoms with Crippen LogP contribution < -0.4 is 4.72 Å². The van der Waals surface area contributed by atoms with Crippen molar-refractivity contribution in [3.05, 3.63) is 29.6 Å². The van der Waals surface area contributed by atoms with Crippen LogP contribution in [0.1, 0.15) is 23.7 Å². The van der Waals surface area contributed by atoms with Crippen LogP contribution in [0.25, 0.3) is 0 Å². The van der Waals surface area contributed by atoms with Crippen molar-refractivity contribution < 1.29 is 27.8 Å². The zero-order chi connectivity index (χ0) is 15.3. The van der Waals surface area contributed by atoms with Crippen molar-refractivity contribution in [3.8, 4) is 0 Å². The number of halogens is 1. The molecule has 3 N–H and O–H groups in total. The van der Waals surface area contributed by atoms with Crippen molar-refractivity contribution in [2.24, 2.45) is 5.92 Å². The van der Waals surface area contributed by atoms with E-state index in [4.69, 9.17) is 10.2 Å². The van der Waals surface area contributed by atoms with Gasteiger partial charge < -0.3 is 10.2 Å². The van der Waals surface area contributed by atoms with Crippen molar-refractivity contribution >= 4 is 16.0 Å². The quantitative estimate of drug-likeness (QED) is 0.692. The SMILES string of the molecule is CC(CCO)CNS(=O)(=O)c1ccc(C(=O)O)cc1F. The summed E-state index contributed by atoms with van der Waals surface area (Å²) in [5.74, 6) is -2.55. The van der Waals surface area contributed by atoms with Gasteiger partial charge in [0.05, 0.1) is 5.56 Å². The van der Waals surface area contributed by atoms with Crippen molar-refractivity contribution in [1.82, 2.24) is 4.72 Å². The minimum Gasteiger partial charge on any atom is -0.478 e. The second kappa shape index (κ2) is 6.78. The first-order valence-electron chi connectivity index (χ1n) is 5.91. The predicted octanol–water partition coefficient (Wildman–Crippen LogP) is 0.821. The van der Waals surface area contributed by atoms with Gasteiger partial charge in [0.2, 0.25) is 10.0 Å². The monoisotopic (exact) mass is 305 g/mol. The molecule has 0 aromatic heterocycles. The zero-order valence-corrected chi connectivity index (χ0v) is 11.7. The molecular formula is C12H16FNO5S. The maximum atomic E-state index is 13.7. The average Bonchev–Trinajstić information content (AvgIpc) is 2.36. The number of nitrogens with one attached hydrogen (secondary N) is 1. The van der Waals surface area contributed by atoms with Gasteiger partial charge in [-0.15, -0.1) is 0 Å². The molecule has 1 aromatic rings. The molecule has 0 spiro atoms. The average molecular weight is 305 g/mol. The molecule has 6 nitrogen and oxygen atoms in total. The molecule has 0 fully saturated rings. The van der Waals surface area contributed by atoms with E-state index in [1.165, 1.54) is 0 Å². The number of hydrogen-bond donors (Lipinski definition) is 3. The molecule has 0 amide bonds. The van der Waals surface area contributed by atoms with Gasteiger partial charge in [-0.05, 0) is 30.5 Å². The van der Waals surface area contributed by atoms with Crippen LogP contribution in [-0.4, -0.2) is 37.8 Å². The maximum absolute atomic E-state index is 13.7. The fourth-order valence-corrected chi connectivity index (χ4v) is 2.73. The first-order valence-corrected chi connectivity index (χ1v) is 7.39. The third-order valence-corrected chi connectivity index (χ3v) is 4.17. The van der Waals surface area contributed by atoms with E-state index in [9.17, 15) is 17.6 Å². The minimum atomic E-state index is -4.05. The number of sulfonamides is 1. The Hall–Kier alpha value is -1.51. The molecule has 0 aliphatic rings. The molecule has 1 unspecified atom stereocenters. The normalized spacial score (nSPS) is 13.2. The van der Waals surface area contributed by atoms with Crippen LogP contribution in [0, 0.1) is 11.7 Å². The highest BCUT2D eigenvalue weighted by molar-refractivity contribution is 7.89. The largest absolute Gasteiger partial charge is 0.478 e. The first kappa shape index (κ1) is 16.5. The summed E-state index contributed by atoms with van der Waals surface area (Å²) in [6.07, 6.45) is 0.420. The summed E-state index contributed by atoms with van der Waals surface area (Å²) in [4.78, 5) is 10.0. The van der Waals surface area contributed by atoms with Crippen LogP contribution in [0.3, 0.4) is 0 Å². The van der Waals surface area contributed by atoms with Gasteiger partial charge in [0, 0.05) is 13.2 Å². The molecule has 0 aliphatic carbocycles. The Balaban J connectivity index is 2.90. The van der Waals surface area contributed by atoms with E-state index in [0.717, 1.165) is 12.1 Å². The van der Waals surface area contributed by atoms with E-state index >= 15 is 0 Å². The number of benzene rings is 1. The van der Waals surface area contributed by atoms with E-state index in [0.29, 0.717) is 12.5 Å². The number of aromatic carboxylic acids is 1. The van der Waals surface area contributed by atoms with Crippen LogP contribution >= 0.6 is 0 Å². The minimum absolute atomic E-state index is 0.0585. The van der Waals surface area contributed by atoms with E-state index in [2.05, 4.69) is 4.72 Å². The number of aliphatic hydroxyl groups excluding tert-OH is 1. The van der Waals surface area contributed by atoms with E-state index in [1.807, 2.05) is 0 Å². The molecule has 20 heavy (non-hydrogen) atoms. The lowest BCUT2D eigenvalue weighted by Crippen LogP contribution is -2.29. The Labute approximate surface area is 116 Å². The summed E-state index contributed by atoms with van der Waals surface area (Å²) < 4.78 is 39.6. The van der Waals surface area contributed by atoms with Crippen LogP contribution in [0.5, 0.6) is 0 Å². The Kier molecular flexibility index (Phi) is 5.61. The van der Waals surface area contributed by atoms with Crippen LogP contribution in [0.4, 0.5) is 4.39 Å². The number of hydrogen-bond acceptors (Lipinski definition) is 4. The van der Waals surface area contributed by atoms with Gasteiger partial charge in [0.1, 0.15) is 10.7 Å². The number of rotatable bonds is 7. The smallest absolute Gasteiger partial charge is 0.335 e. The van der Waals surface area contributed by atoms with Crippen molar-refractivity contribution in [3.63, 3.8) is 0 Å². The molecule has 0 bridgehead atoms. The molecule has 8 heteroatoms. The zero-order valence-electron chi connectivity index (χ0n) is 10.8. The van der Waals surface area contributed by atoms with Crippen LogP contribution in [-0.2, 0) is 10.0 Å². The summed E-state index contributed by atoms with van der Waals surface area (Å²) >= 11 is 0. The second-order valence-electron chi connectivity index (χ2n) is 4.42. The van der Waals surface area contributed by atoms with Gasteiger partial charge in [-0.25, -0.2) is 22.3 Å². The summed E-state index contributed by atoms with van der Waals surface area (Å²) in [6, 6.07) is 2.60. The Bertz CT molecular complexity index is 588. The van der Waals surface area contributed by atoms with Gasteiger partial charge in [0.15, 0.2) is 0 Å². The Morgan fingerprint density at radius 2 is 2.10 bits per heavy atom. The van der Waals surface area contributed by atoms with E-state index in [1.54, 1.807) is 6.92 Å². The molecule has 0 aliphatic heterocycles. The molecule has 0 saturated heterocycles. The van der Waals surface area contributed by atoms with Crippen molar-refractivity contribution in [2.45, 2.75) is 18.2 Å². The van der Waals surface area contributed by atoms with Crippen molar-refractivity contribution in [2.75, 3.05) is 13.2 Å². The number of aliphatic hydroxyl groups is 1. The van der Waals surface area contributed by atoms with Crippen molar-refractivity contribution in [1.29, 1.82) is 0 Å². The fourth-order valence-electron chi connectivity index (χ4n) is 1.50. The lowest BCUT2D eigenvalue weighted by Gasteiger charge is -2.12. The van der Waals surface area contributed by atoms with Gasteiger partial charge in [0.25, 0.3) is 0 Å². The molecular weight excluding hydrogens is 289 g/mol. The Morgan fingerprint density at radius 3 is 2.60 bits per heavy atom. The summed E-state index contributed by atoms with van der Waals surface area (Å²) in [6.45, 7) is 1.73. The second-order valence-corrected chi connectivity index (χ2v) is 6.16. The molecule has 0 heterocycles. The third-order valence-electron chi connectivity index (χ3n) is 2.71. The lowest BCUT2D eigenvalue weighted by molar-refractivity contribution is 0.0696. The maximum Gasteiger partial charge on any atom is 0.335 e. The molecule has 1 rings (SSSR count). The number of carbonyl (C=O) groups is 1. The molecule has 0 saturated carbocycles. The number of carboxylic acids is 1. The van der Waals surface area contributed by atoms with E-state index in [-0.39, 0.29) is 24.6 Å².